The molecule has 0 aliphatic rings. The van der Waals surface area contributed by atoms with Crippen molar-refractivity contribution in [2.24, 2.45) is 5.41 Å². The molecule has 0 saturated heterocycles. The van der Waals surface area contributed by atoms with Gasteiger partial charge in [-0.05, 0) is 19.3 Å². The first-order chi connectivity index (χ1) is 5.38. The highest BCUT2D eigenvalue weighted by Gasteiger charge is 2.15. The van der Waals surface area contributed by atoms with Gasteiger partial charge in [0.25, 0.3) is 0 Å². The van der Waals surface area contributed by atoms with Crippen molar-refractivity contribution >= 4 is 0 Å². The van der Waals surface area contributed by atoms with Crippen LogP contribution < -0.4 is 5.32 Å². The molecule has 0 spiro atoms. The minimum Gasteiger partial charge on any atom is -0.385 e. The van der Waals surface area contributed by atoms with E-state index in [1.807, 2.05) is 6.92 Å². The Kier molecular flexibility index (Phi) is 4.08. The monoisotopic (exact) mass is 167 g/mol. The molecule has 0 bridgehead atoms. The minimum absolute atomic E-state index is 0.261. The number of allylic oxidation sites excluding steroid dienone is 2. The normalized spacial score (nSPS) is 12.9. The van der Waals surface area contributed by atoms with Crippen LogP contribution in [0.3, 0.4) is 0 Å². The smallest absolute Gasteiger partial charge is 0.0361 e. The lowest BCUT2D eigenvalue weighted by Gasteiger charge is -2.23. The molecule has 0 aromatic rings. The fraction of sp³-hybridized carbons (Fsp3) is 0.636. The molecule has 1 N–H and O–H groups in total. The van der Waals surface area contributed by atoms with Crippen LogP contribution in [0.1, 0.15) is 34.6 Å². The molecule has 0 heterocycles. The SMILES string of the molecule is C=C(C)NC/C(=C\C)C(C)(C)C. The Labute approximate surface area is 76.6 Å². The Balaban J connectivity index is 4.13. The van der Waals surface area contributed by atoms with Crippen LogP contribution in [0.15, 0.2) is 23.9 Å². The molecule has 1 heteroatoms. The van der Waals surface area contributed by atoms with Gasteiger partial charge >= 0.3 is 0 Å². The predicted octanol–water partition coefficient (Wildman–Crippen LogP) is 3.10. The van der Waals surface area contributed by atoms with Gasteiger partial charge in [-0.25, -0.2) is 0 Å². The van der Waals surface area contributed by atoms with Crippen LogP contribution in [-0.2, 0) is 0 Å². The Bertz CT molecular complexity index is 182. The summed E-state index contributed by atoms with van der Waals surface area (Å²) in [6, 6.07) is 0. The maximum Gasteiger partial charge on any atom is 0.0361 e. The van der Waals surface area contributed by atoms with Crippen molar-refractivity contribution in [2.75, 3.05) is 6.54 Å². The van der Waals surface area contributed by atoms with Crippen molar-refractivity contribution in [3.8, 4) is 0 Å². The van der Waals surface area contributed by atoms with Gasteiger partial charge in [-0.3, -0.25) is 0 Å². The lowest BCUT2D eigenvalue weighted by atomic mass is 9.86. The summed E-state index contributed by atoms with van der Waals surface area (Å²) in [4.78, 5) is 0. The molecule has 0 saturated carbocycles. The Hall–Kier alpha value is -0.720. The van der Waals surface area contributed by atoms with Crippen LogP contribution >= 0.6 is 0 Å². The van der Waals surface area contributed by atoms with Crippen molar-refractivity contribution in [2.45, 2.75) is 34.6 Å². The van der Waals surface area contributed by atoms with Crippen molar-refractivity contribution < 1.29 is 0 Å². The lowest BCUT2D eigenvalue weighted by Crippen LogP contribution is -2.22. The van der Waals surface area contributed by atoms with Gasteiger partial charge in [0.05, 0.1) is 0 Å². The van der Waals surface area contributed by atoms with Gasteiger partial charge in [-0.2, -0.15) is 0 Å². The van der Waals surface area contributed by atoms with Crippen molar-refractivity contribution in [1.82, 2.24) is 5.32 Å². The first kappa shape index (κ1) is 11.3. The van der Waals surface area contributed by atoms with Crippen LogP contribution in [0.2, 0.25) is 0 Å². The molecule has 0 fully saturated rings. The van der Waals surface area contributed by atoms with Crippen molar-refractivity contribution in [3.05, 3.63) is 23.9 Å². The highest BCUT2D eigenvalue weighted by molar-refractivity contribution is 5.12. The predicted molar refractivity (Wildman–Crippen MR) is 56.0 cm³/mol. The van der Waals surface area contributed by atoms with E-state index in [2.05, 4.69) is 45.7 Å². The van der Waals surface area contributed by atoms with Crippen LogP contribution in [0.5, 0.6) is 0 Å². The molecule has 0 aliphatic carbocycles. The largest absolute Gasteiger partial charge is 0.385 e. The first-order valence-corrected chi connectivity index (χ1v) is 4.43. The van der Waals surface area contributed by atoms with E-state index in [0.717, 1.165) is 12.2 Å². The highest BCUT2D eigenvalue weighted by Crippen LogP contribution is 2.24. The molecule has 12 heavy (non-hydrogen) atoms. The molecule has 0 aromatic carbocycles. The fourth-order valence-electron chi connectivity index (χ4n) is 1.05. The van der Waals surface area contributed by atoms with Crippen LogP contribution in [0, 0.1) is 5.41 Å². The van der Waals surface area contributed by atoms with Gasteiger partial charge in [-0.1, -0.05) is 39.0 Å². The maximum absolute atomic E-state index is 3.81. The van der Waals surface area contributed by atoms with Gasteiger partial charge < -0.3 is 5.32 Å². The average Bonchev–Trinajstić information content (AvgIpc) is 1.85. The minimum atomic E-state index is 0.261. The Morgan fingerprint density at radius 1 is 1.42 bits per heavy atom. The number of hydrogen-bond donors (Lipinski definition) is 1. The van der Waals surface area contributed by atoms with Gasteiger partial charge in [0.15, 0.2) is 0 Å². The van der Waals surface area contributed by atoms with E-state index >= 15 is 0 Å². The number of rotatable bonds is 3. The molecule has 0 aromatic heterocycles. The summed E-state index contributed by atoms with van der Waals surface area (Å²) in [5.41, 5.74) is 2.71. The third-order valence-corrected chi connectivity index (χ3v) is 1.89. The average molecular weight is 167 g/mol. The van der Waals surface area contributed by atoms with Crippen molar-refractivity contribution in [1.29, 1.82) is 0 Å². The standard InChI is InChI=1S/C11H21N/c1-7-10(11(4,5)6)8-12-9(2)3/h7,12H,2,8H2,1,3-6H3/b10-7+. The first-order valence-electron chi connectivity index (χ1n) is 4.43. The molecule has 0 amide bonds. The number of hydrogen-bond acceptors (Lipinski definition) is 1. The molecule has 70 valence electrons. The van der Waals surface area contributed by atoms with E-state index in [1.54, 1.807) is 0 Å². The van der Waals surface area contributed by atoms with Gasteiger partial charge in [0.2, 0.25) is 0 Å². The quantitative estimate of drug-likeness (QED) is 0.637. The van der Waals surface area contributed by atoms with E-state index < -0.39 is 0 Å². The fourth-order valence-corrected chi connectivity index (χ4v) is 1.05. The van der Waals surface area contributed by atoms with E-state index in [0.29, 0.717) is 0 Å². The molecule has 0 aliphatic heterocycles. The molecule has 1 nitrogen and oxygen atoms in total. The van der Waals surface area contributed by atoms with Crippen LogP contribution in [0.25, 0.3) is 0 Å². The third kappa shape index (κ3) is 4.22. The van der Waals surface area contributed by atoms with E-state index in [-0.39, 0.29) is 5.41 Å². The van der Waals surface area contributed by atoms with Crippen molar-refractivity contribution in [3.63, 3.8) is 0 Å². The molecule has 0 radical (unpaired) electrons. The lowest BCUT2D eigenvalue weighted by molar-refractivity contribution is 0.485. The molecular weight excluding hydrogens is 146 g/mol. The topological polar surface area (TPSA) is 12.0 Å². The molecule has 0 rings (SSSR count). The van der Waals surface area contributed by atoms with Crippen LogP contribution in [0.4, 0.5) is 0 Å². The highest BCUT2D eigenvalue weighted by atomic mass is 14.9. The zero-order chi connectivity index (χ0) is 9.78. The van der Waals surface area contributed by atoms with Crippen LogP contribution in [-0.4, -0.2) is 6.54 Å². The summed E-state index contributed by atoms with van der Waals surface area (Å²) in [5, 5.41) is 3.24. The summed E-state index contributed by atoms with van der Waals surface area (Å²) in [6.45, 7) is 15.5. The summed E-state index contributed by atoms with van der Waals surface area (Å²) < 4.78 is 0. The zero-order valence-electron chi connectivity index (χ0n) is 8.99. The second kappa shape index (κ2) is 4.34. The second-order valence-electron chi connectivity index (χ2n) is 4.20. The molecule has 0 atom stereocenters. The van der Waals surface area contributed by atoms with E-state index in [9.17, 15) is 0 Å². The summed E-state index contributed by atoms with van der Waals surface area (Å²) in [7, 11) is 0. The van der Waals surface area contributed by atoms with E-state index in [1.165, 1.54) is 5.57 Å². The molecule has 0 unspecified atom stereocenters. The zero-order valence-corrected chi connectivity index (χ0v) is 8.99. The summed E-state index contributed by atoms with van der Waals surface area (Å²) in [6.07, 6.45) is 2.18. The second-order valence-corrected chi connectivity index (χ2v) is 4.20. The summed E-state index contributed by atoms with van der Waals surface area (Å²) >= 11 is 0. The summed E-state index contributed by atoms with van der Waals surface area (Å²) in [5.74, 6) is 0. The van der Waals surface area contributed by atoms with Gasteiger partial charge in [0.1, 0.15) is 0 Å². The van der Waals surface area contributed by atoms with Gasteiger partial charge in [0, 0.05) is 12.2 Å². The van der Waals surface area contributed by atoms with Gasteiger partial charge in [-0.15, -0.1) is 0 Å². The molecular formula is C11H21N. The number of nitrogens with one attached hydrogen (secondary N) is 1. The third-order valence-electron chi connectivity index (χ3n) is 1.89. The maximum atomic E-state index is 3.81. The Morgan fingerprint density at radius 3 is 2.17 bits per heavy atom. The van der Waals surface area contributed by atoms with E-state index in [4.69, 9.17) is 0 Å². The Morgan fingerprint density at radius 2 is 1.92 bits per heavy atom.